The van der Waals surface area contributed by atoms with Crippen LogP contribution < -0.4 is 0 Å². The second-order valence-corrected chi connectivity index (χ2v) is 4.94. The first-order valence-electron chi connectivity index (χ1n) is 5.90. The molecule has 1 aliphatic carbocycles. The van der Waals surface area contributed by atoms with E-state index in [1.54, 1.807) is 0 Å². The highest BCUT2D eigenvalue weighted by atomic mass is 16.5. The SMILES string of the molecule is CCC1CCC(O)(COC(C)C)CC1. The Bertz CT molecular complexity index is 158. The molecular formula is C12H24O2. The third kappa shape index (κ3) is 3.58. The topological polar surface area (TPSA) is 29.5 Å². The number of hydrogen-bond acceptors (Lipinski definition) is 2. The van der Waals surface area contributed by atoms with Crippen molar-refractivity contribution in [3.63, 3.8) is 0 Å². The van der Waals surface area contributed by atoms with Gasteiger partial charge in [-0.1, -0.05) is 13.3 Å². The molecule has 14 heavy (non-hydrogen) atoms. The molecule has 0 aromatic carbocycles. The minimum atomic E-state index is -0.532. The lowest BCUT2D eigenvalue weighted by Crippen LogP contribution is -2.39. The molecule has 0 spiro atoms. The fraction of sp³-hybridized carbons (Fsp3) is 1.00. The molecule has 1 fully saturated rings. The zero-order valence-corrected chi connectivity index (χ0v) is 9.75. The minimum absolute atomic E-state index is 0.225. The standard InChI is InChI=1S/C12H24O2/c1-4-11-5-7-12(13,8-6-11)9-14-10(2)3/h10-11,13H,4-9H2,1-3H3. The molecule has 0 unspecified atom stereocenters. The highest BCUT2D eigenvalue weighted by Gasteiger charge is 2.32. The normalized spacial score (nSPS) is 33.6. The van der Waals surface area contributed by atoms with E-state index >= 15 is 0 Å². The summed E-state index contributed by atoms with van der Waals surface area (Å²) in [5.41, 5.74) is -0.532. The molecule has 1 N–H and O–H groups in total. The number of hydrogen-bond donors (Lipinski definition) is 1. The van der Waals surface area contributed by atoms with Gasteiger partial charge in [0.15, 0.2) is 0 Å². The Morgan fingerprint density at radius 1 is 1.36 bits per heavy atom. The minimum Gasteiger partial charge on any atom is -0.387 e. The molecule has 0 heterocycles. The summed E-state index contributed by atoms with van der Waals surface area (Å²) in [4.78, 5) is 0. The summed E-state index contributed by atoms with van der Waals surface area (Å²) in [7, 11) is 0. The first-order chi connectivity index (χ1) is 6.56. The fourth-order valence-electron chi connectivity index (χ4n) is 2.09. The summed E-state index contributed by atoms with van der Waals surface area (Å²) >= 11 is 0. The van der Waals surface area contributed by atoms with Gasteiger partial charge in [-0.2, -0.15) is 0 Å². The Labute approximate surface area is 87.7 Å². The van der Waals surface area contributed by atoms with Gasteiger partial charge >= 0.3 is 0 Å². The Kier molecular flexibility index (Phi) is 4.39. The monoisotopic (exact) mass is 200 g/mol. The first-order valence-corrected chi connectivity index (χ1v) is 5.90. The predicted octanol–water partition coefficient (Wildman–Crippen LogP) is 2.74. The summed E-state index contributed by atoms with van der Waals surface area (Å²) in [6.45, 7) is 6.78. The van der Waals surface area contributed by atoms with Crippen LogP contribution in [0.4, 0.5) is 0 Å². The molecule has 0 aliphatic heterocycles. The van der Waals surface area contributed by atoms with Crippen LogP contribution in [0.15, 0.2) is 0 Å². The summed E-state index contributed by atoms with van der Waals surface area (Å²) in [6.07, 6.45) is 5.63. The van der Waals surface area contributed by atoms with Crippen molar-refractivity contribution in [3.05, 3.63) is 0 Å². The lowest BCUT2D eigenvalue weighted by atomic mass is 9.78. The van der Waals surface area contributed by atoms with Gasteiger partial charge in [0.2, 0.25) is 0 Å². The molecule has 0 saturated heterocycles. The third-order valence-electron chi connectivity index (χ3n) is 3.30. The Balaban J connectivity index is 2.30. The average molecular weight is 200 g/mol. The summed E-state index contributed by atoms with van der Waals surface area (Å²) in [5.74, 6) is 0.828. The van der Waals surface area contributed by atoms with Crippen LogP contribution >= 0.6 is 0 Å². The average Bonchev–Trinajstić information content (AvgIpc) is 2.16. The van der Waals surface area contributed by atoms with E-state index < -0.39 is 5.60 Å². The van der Waals surface area contributed by atoms with Crippen LogP contribution in [0.5, 0.6) is 0 Å². The van der Waals surface area contributed by atoms with Crippen LogP contribution in [0.3, 0.4) is 0 Å². The van der Waals surface area contributed by atoms with E-state index in [1.165, 1.54) is 6.42 Å². The first kappa shape index (κ1) is 12.0. The van der Waals surface area contributed by atoms with Crippen molar-refractivity contribution in [3.8, 4) is 0 Å². The van der Waals surface area contributed by atoms with Gasteiger partial charge in [-0.25, -0.2) is 0 Å². The fourth-order valence-corrected chi connectivity index (χ4v) is 2.09. The van der Waals surface area contributed by atoms with Crippen LogP contribution in [-0.2, 0) is 4.74 Å². The van der Waals surface area contributed by atoms with Gasteiger partial charge in [0.1, 0.15) is 0 Å². The van der Waals surface area contributed by atoms with Gasteiger partial charge in [0.05, 0.1) is 18.3 Å². The highest BCUT2D eigenvalue weighted by Crippen LogP contribution is 2.33. The van der Waals surface area contributed by atoms with E-state index in [1.807, 2.05) is 13.8 Å². The number of aliphatic hydroxyl groups is 1. The van der Waals surface area contributed by atoms with Gasteiger partial charge in [-0.05, 0) is 45.4 Å². The van der Waals surface area contributed by atoms with E-state index in [2.05, 4.69) is 6.92 Å². The molecule has 0 atom stereocenters. The second-order valence-electron chi connectivity index (χ2n) is 4.94. The molecule has 0 amide bonds. The molecule has 1 saturated carbocycles. The maximum absolute atomic E-state index is 10.2. The summed E-state index contributed by atoms with van der Waals surface area (Å²) < 4.78 is 5.50. The smallest absolute Gasteiger partial charge is 0.0880 e. The van der Waals surface area contributed by atoms with Crippen molar-refractivity contribution in [2.75, 3.05) is 6.61 Å². The molecule has 0 bridgehead atoms. The second kappa shape index (κ2) is 5.13. The largest absolute Gasteiger partial charge is 0.387 e. The van der Waals surface area contributed by atoms with E-state index in [0.29, 0.717) is 6.61 Å². The molecule has 84 valence electrons. The van der Waals surface area contributed by atoms with Gasteiger partial charge in [-0.15, -0.1) is 0 Å². The van der Waals surface area contributed by atoms with Crippen LogP contribution in [0, 0.1) is 5.92 Å². The lowest BCUT2D eigenvalue weighted by Gasteiger charge is -2.35. The van der Waals surface area contributed by atoms with E-state index in [0.717, 1.165) is 31.6 Å². The molecular weight excluding hydrogens is 176 g/mol. The predicted molar refractivity (Wildman–Crippen MR) is 58.3 cm³/mol. The van der Waals surface area contributed by atoms with Crippen LogP contribution in [0.1, 0.15) is 52.9 Å². The Hall–Kier alpha value is -0.0800. The van der Waals surface area contributed by atoms with E-state index in [-0.39, 0.29) is 6.10 Å². The maximum atomic E-state index is 10.2. The van der Waals surface area contributed by atoms with E-state index in [4.69, 9.17) is 4.74 Å². The van der Waals surface area contributed by atoms with Crippen molar-refractivity contribution in [2.24, 2.45) is 5.92 Å². The summed E-state index contributed by atoms with van der Waals surface area (Å²) in [6, 6.07) is 0. The van der Waals surface area contributed by atoms with E-state index in [9.17, 15) is 5.11 Å². The Morgan fingerprint density at radius 3 is 2.36 bits per heavy atom. The molecule has 2 nitrogen and oxygen atoms in total. The van der Waals surface area contributed by atoms with Gasteiger partial charge < -0.3 is 9.84 Å². The van der Waals surface area contributed by atoms with Crippen molar-refractivity contribution in [2.45, 2.75) is 64.6 Å². The number of rotatable bonds is 4. The van der Waals surface area contributed by atoms with Gasteiger partial charge in [0.25, 0.3) is 0 Å². The van der Waals surface area contributed by atoms with Crippen LogP contribution in [0.25, 0.3) is 0 Å². The quantitative estimate of drug-likeness (QED) is 0.756. The van der Waals surface area contributed by atoms with Gasteiger partial charge in [0, 0.05) is 0 Å². The van der Waals surface area contributed by atoms with Crippen molar-refractivity contribution >= 4 is 0 Å². The van der Waals surface area contributed by atoms with Gasteiger partial charge in [-0.3, -0.25) is 0 Å². The molecule has 0 radical (unpaired) electrons. The third-order valence-corrected chi connectivity index (χ3v) is 3.30. The molecule has 1 rings (SSSR count). The van der Waals surface area contributed by atoms with Crippen molar-refractivity contribution in [1.29, 1.82) is 0 Å². The van der Waals surface area contributed by atoms with Crippen molar-refractivity contribution in [1.82, 2.24) is 0 Å². The molecule has 0 aromatic heterocycles. The molecule has 1 aliphatic rings. The summed E-state index contributed by atoms with van der Waals surface area (Å²) in [5, 5.41) is 10.2. The molecule has 2 heteroatoms. The highest BCUT2D eigenvalue weighted by molar-refractivity contribution is 4.85. The zero-order chi connectivity index (χ0) is 10.6. The zero-order valence-electron chi connectivity index (χ0n) is 9.75. The van der Waals surface area contributed by atoms with Crippen LogP contribution in [-0.4, -0.2) is 23.4 Å². The molecule has 0 aromatic rings. The Morgan fingerprint density at radius 2 is 1.93 bits per heavy atom. The maximum Gasteiger partial charge on any atom is 0.0880 e. The lowest BCUT2D eigenvalue weighted by molar-refractivity contribution is -0.0900. The van der Waals surface area contributed by atoms with Crippen molar-refractivity contribution < 1.29 is 9.84 Å². The van der Waals surface area contributed by atoms with Crippen LogP contribution in [0.2, 0.25) is 0 Å². The number of ether oxygens (including phenoxy) is 1.